The molecule has 16 heavy (non-hydrogen) atoms. The second-order valence-corrected chi connectivity index (χ2v) is 4.60. The van der Waals surface area contributed by atoms with E-state index in [0.717, 1.165) is 34.9 Å². The number of nitrogens with zero attached hydrogens (tertiary/aromatic N) is 2. The molecule has 3 nitrogen and oxygen atoms in total. The van der Waals surface area contributed by atoms with Gasteiger partial charge in [0.15, 0.2) is 0 Å². The van der Waals surface area contributed by atoms with Crippen molar-refractivity contribution < 1.29 is 4.52 Å². The minimum atomic E-state index is 0.488. The van der Waals surface area contributed by atoms with Gasteiger partial charge in [-0.3, -0.25) is 0 Å². The summed E-state index contributed by atoms with van der Waals surface area (Å²) in [5.41, 5.74) is 1.96. The van der Waals surface area contributed by atoms with Crippen molar-refractivity contribution in [2.45, 2.75) is 25.7 Å². The molecule has 1 heterocycles. The monoisotopic (exact) mass is 234 g/mol. The lowest BCUT2D eigenvalue weighted by molar-refractivity contribution is 0.380. The Kier molecular flexibility index (Phi) is 2.21. The third kappa shape index (κ3) is 1.71. The van der Waals surface area contributed by atoms with E-state index >= 15 is 0 Å². The third-order valence-corrected chi connectivity index (χ3v) is 3.21. The molecule has 4 heteroatoms. The fraction of sp³-hybridized carbons (Fsp3) is 0.333. The van der Waals surface area contributed by atoms with Crippen LogP contribution in [-0.2, 0) is 0 Å². The summed E-state index contributed by atoms with van der Waals surface area (Å²) in [6, 6.07) is 5.80. The van der Waals surface area contributed by atoms with E-state index in [0.29, 0.717) is 11.7 Å². The predicted octanol–water partition coefficient (Wildman–Crippen LogP) is 3.58. The molecule has 1 aliphatic carbocycles. The zero-order valence-electron chi connectivity index (χ0n) is 8.90. The molecule has 1 aromatic heterocycles. The Hall–Kier alpha value is -1.35. The van der Waals surface area contributed by atoms with Crippen LogP contribution in [0.3, 0.4) is 0 Å². The first kappa shape index (κ1) is 9.85. The van der Waals surface area contributed by atoms with Crippen LogP contribution >= 0.6 is 11.6 Å². The lowest BCUT2D eigenvalue weighted by atomic mass is 10.1. The van der Waals surface area contributed by atoms with Gasteiger partial charge in [-0.15, -0.1) is 0 Å². The fourth-order valence-corrected chi connectivity index (χ4v) is 1.76. The molecule has 2 aromatic rings. The number of hydrogen-bond acceptors (Lipinski definition) is 3. The van der Waals surface area contributed by atoms with E-state index in [4.69, 9.17) is 16.1 Å². The Labute approximate surface area is 98.4 Å². The quantitative estimate of drug-likeness (QED) is 0.797. The number of rotatable bonds is 2. The van der Waals surface area contributed by atoms with Crippen LogP contribution in [0.2, 0.25) is 5.02 Å². The Morgan fingerprint density at radius 1 is 1.38 bits per heavy atom. The van der Waals surface area contributed by atoms with Gasteiger partial charge in [0, 0.05) is 16.5 Å². The highest BCUT2D eigenvalue weighted by atomic mass is 35.5. The molecule has 0 amide bonds. The van der Waals surface area contributed by atoms with Crippen LogP contribution < -0.4 is 0 Å². The summed E-state index contributed by atoms with van der Waals surface area (Å²) in [6.07, 6.45) is 2.33. The topological polar surface area (TPSA) is 38.9 Å². The maximum Gasteiger partial charge on any atom is 0.230 e. The number of aryl methyl sites for hydroxylation is 1. The summed E-state index contributed by atoms with van der Waals surface area (Å²) in [6.45, 7) is 1.97. The molecule has 1 saturated carbocycles. The molecular weight excluding hydrogens is 224 g/mol. The molecule has 1 aromatic carbocycles. The van der Waals surface area contributed by atoms with Gasteiger partial charge in [0.25, 0.3) is 0 Å². The largest absolute Gasteiger partial charge is 0.339 e. The molecule has 3 rings (SSSR count). The highest BCUT2D eigenvalue weighted by Crippen LogP contribution is 2.39. The zero-order valence-corrected chi connectivity index (χ0v) is 9.66. The van der Waals surface area contributed by atoms with Gasteiger partial charge >= 0.3 is 0 Å². The molecule has 0 N–H and O–H groups in total. The molecule has 1 aliphatic rings. The van der Waals surface area contributed by atoms with Gasteiger partial charge in [0.05, 0.1) is 0 Å². The molecule has 0 saturated heterocycles. The van der Waals surface area contributed by atoms with E-state index < -0.39 is 0 Å². The van der Waals surface area contributed by atoms with Crippen molar-refractivity contribution in [3.8, 4) is 11.4 Å². The van der Waals surface area contributed by atoms with Crippen LogP contribution in [0.4, 0.5) is 0 Å². The molecule has 0 atom stereocenters. The Bertz CT molecular complexity index is 532. The zero-order chi connectivity index (χ0) is 11.1. The molecule has 0 unspecified atom stereocenters. The summed E-state index contributed by atoms with van der Waals surface area (Å²) in [5, 5.41) is 4.71. The molecule has 0 bridgehead atoms. The van der Waals surface area contributed by atoms with E-state index in [-0.39, 0.29) is 0 Å². The predicted molar refractivity (Wildman–Crippen MR) is 61.5 cm³/mol. The van der Waals surface area contributed by atoms with Crippen LogP contribution in [0.5, 0.6) is 0 Å². The molecule has 82 valence electrons. The Morgan fingerprint density at radius 3 is 2.88 bits per heavy atom. The van der Waals surface area contributed by atoms with Crippen molar-refractivity contribution in [2.24, 2.45) is 0 Å². The van der Waals surface area contributed by atoms with Crippen LogP contribution in [-0.4, -0.2) is 10.1 Å². The first-order valence-corrected chi connectivity index (χ1v) is 5.72. The second kappa shape index (κ2) is 3.59. The van der Waals surface area contributed by atoms with Gasteiger partial charge in [-0.25, -0.2) is 0 Å². The number of hydrogen-bond donors (Lipinski definition) is 0. The summed E-state index contributed by atoms with van der Waals surface area (Å²) in [7, 11) is 0. The van der Waals surface area contributed by atoms with E-state index in [1.165, 1.54) is 0 Å². The summed E-state index contributed by atoms with van der Waals surface area (Å²) >= 11 is 6.06. The number of halogens is 1. The van der Waals surface area contributed by atoms with Gasteiger partial charge in [0.1, 0.15) is 0 Å². The molecular formula is C12H11ClN2O. The average Bonchev–Trinajstić information content (AvgIpc) is 3.01. The molecule has 0 radical (unpaired) electrons. The molecule has 0 aliphatic heterocycles. The first-order valence-electron chi connectivity index (χ1n) is 5.34. The highest BCUT2D eigenvalue weighted by molar-refractivity contribution is 6.31. The summed E-state index contributed by atoms with van der Waals surface area (Å²) in [4.78, 5) is 4.38. The maximum absolute atomic E-state index is 6.06. The minimum Gasteiger partial charge on any atom is -0.339 e. The minimum absolute atomic E-state index is 0.488. The lowest BCUT2D eigenvalue weighted by Crippen LogP contribution is -1.83. The summed E-state index contributed by atoms with van der Waals surface area (Å²) < 4.78 is 5.21. The van der Waals surface area contributed by atoms with Crippen molar-refractivity contribution in [3.05, 3.63) is 34.7 Å². The van der Waals surface area contributed by atoms with Crippen molar-refractivity contribution in [3.63, 3.8) is 0 Å². The van der Waals surface area contributed by atoms with Crippen molar-refractivity contribution in [1.29, 1.82) is 0 Å². The van der Waals surface area contributed by atoms with Crippen molar-refractivity contribution >= 4 is 11.6 Å². The SMILES string of the molecule is Cc1ccc(-c2noc(C3CC3)n2)cc1Cl. The Balaban J connectivity index is 1.97. The van der Waals surface area contributed by atoms with Crippen LogP contribution in [0.25, 0.3) is 11.4 Å². The number of benzene rings is 1. The van der Waals surface area contributed by atoms with E-state index in [2.05, 4.69) is 10.1 Å². The van der Waals surface area contributed by atoms with Crippen molar-refractivity contribution in [1.82, 2.24) is 10.1 Å². The van der Waals surface area contributed by atoms with Gasteiger partial charge in [-0.1, -0.05) is 28.9 Å². The van der Waals surface area contributed by atoms with Gasteiger partial charge in [-0.05, 0) is 31.4 Å². The summed E-state index contributed by atoms with van der Waals surface area (Å²) in [5.74, 6) is 1.87. The molecule has 0 spiro atoms. The van der Waals surface area contributed by atoms with Gasteiger partial charge < -0.3 is 4.52 Å². The van der Waals surface area contributed by atoms with Crippen LogP contribution in [0.15, 0.2) is 22.7 Å². The van der Waals surface area contributed by atoms with Crippen molar-refractivity contribution in [2.75, 3.05) is 0 Å². The van der Waals surface area contributed by atoms with Gasteiger partial charge in [0.2, 0.25) is 11.7 Å². The van der Waals surface area contributed by atoms with E-state index in [1.807, 2.05) is 25.1 Å². The third-order valence-electron chi connectivity index (χ3n) is 2.80. The maximum atomic E-state index is 6.06. The smallest absolute Gasteiger partial charge is 0.230 e. The van der Waals surface area contributed by atoms with E-state index in [9.17, 15) is 0 Å². The van der Waals surface area contributed by atoms with Gasteiger partial charge in [-0.2, -0.15) is 4.98 Å². The van der Waals surface area contributed by atoms with Crippen LogP contribution in [0.1, 0.15) is 30.2 Å². The second-order valence-electron chi connectivity index (χ2n) is 4.19. The highest BCUT2D eigenvalue weighted by Gasteiger charge is 2.29. The number of aromatic nitrogens is 2. The normalized spacial score (nSPS) is 15.4. The van der Waals surface area contributed by atoms with E-state index in [1.54, 1.807) is 0 Å². The average molecular weight is 235 g/mol. The lowest BCUT2D eigenvalue weighted by Gasteiger charge is -1.98. The molecule has 1 fully saturated rings. The fourth-order valence-electron chi connectivity index (χ4n) is 1.58. The standard InChI is InChI=1S/C12H11ClN2O/c1-7-2-3-9(6-10(7)13)11-14-12(16-15-11)8-4-5-8/h2-3,6,8H,4-5H2,1H3. The Morgan fingerprint density at radius 2 is 2.19 bits per heavy atom. The van der Waals surface area contributed by atoms with Crippen LogP contribution in [0, 0.1) is 6.92 Å². The first-order chi connectivity index (χ1) is 7.74.